The standard InChI is InChI=1S/C14H22N6S/c1-7-15-10-8-11(17-12(16-10)14(3,4)5)21-13-19-18-9(2)20(13)6/h8H,7H2,1-6H3,(H,15,16,17). The average molecular weight is 306 g/mol. The van der Waals surface area contributed by atoms with E-state index in [1.54, 1.807) is 0 Å². The molecule has 0 aliphatic carbocycles. The Morgan fingerprint density at radius 3 is 2.48 bits per heavy atom. The molecule has 0 spiro atoms. The van der Waals surface area contributed by atoms with Gasteiger partial charge in [-0.2, -0.15) is 0 Å². The number of hydrogen-bond donors (Lipinski definition) is 1. The molecular weight excluding hydrogens is 284 g/mol. The fraction of sp³-hybridized carbons (Fsp3) is 0.571. The molecule has 0 fully saturated rings. The minimum atomic E-state index is -0.101. The first-order chi connectivity index (χ1) is 9.81. The quantitative estimate of drug-likeness (QED) is 0.876. The molecule has 21 heavy (non-hydrogen) atoms. The van der Waals surface area contributed by atoms with Gasteiger partial charge in [-0.1, -0.05) is 20.8 Å². The van der Waals surface area contributed by atoms with Gasteiger partial charge in [-0.05, 0) is 25.6 Å². The minimum absolute atomic E-state index is 0.101. The second-order valence-corrected chi connectivity index (χ2v) is 6.87. The van der Waals surface area contributed by atoms with Gasteiger partial charge < -0.3 is 9.88 Å². The van der Waals surface area contributed by atoms with Crippen molar-refractivity contribution in [3.63, 3.8) is 0 Å². The van der Waals surface area contributed by atoms with E-state index in [9.17, 15) is 0 Å². The van der Waals surface area contributed by atoms with E-state index in [4.69, 9.17) is 0 Å². The van der Waals surface area contributed by atoms with Gasteiger partial charge in [0.15, 0.2) is 5.16 Å². The Morgan fingerprint density at radius 2 is 1.95 bits per heavy atom. The third-order valence-corrected chi connectivity index (χ3v) is 3.94. The molecule has 114 valence electrons. The van der Waals surface area contributed by atoms with E-state index in [1.165, 1.54) is 11.8 Å². The van der Waals surface area contributed by atoms with Crippen molar-refractivity contribution < 1.29 is 0 Å². The molecule has 2 aromatic rings. The summed E-state index contributed by atoms with van der Waals surface area (Å²) in [6.45, 7) is 11.1. The molecule has 0 atom stereocenters. The zero-order valence-corrected chi connectivity index (χ0v) is 14.2. The molecule has 6 nitrogen and oxygen atoms in total. The van der Waals surface area contributed by atoms with E-state index in [2.05, 4.69) is 53.2 Å². The van der Waals surface area contributed by atoms with Crippen molar-refractivity contribution in [2.45, 2.75) is 50.2 Å². The van der Waals surface area contributed by atoms with E-state index in [-0.39, 0.29) is 5.41 Å². The van der Waals surface area contributed by atoms with Crippen LogP contribution in [0, 0.1) is 6.92 Å². The van der Waals surface area contributed by atoms with Crippen LogP contribution in [0.1, 0.15) is 39.3 Å². The van der Waals surface area contributed by atoms with E-state index in [0.29, 0.717) is 0 Å². The van der Waals surface area contributed by atoms with Crippen LogP contribution in [0.4, 0.5) is 5.82 Å². The van der Waals surface area contributed by atoms with Crippen molar-refractivity contribution in [2.75, 3.05) is 11.9 Å². The highest BCUT2D eigenvalue weighted by molar-refractivity contribution is 7.99. The Bertz CT molecular complexity index is 629. The summed E-state index contributed by atoms with van der Waals surface area (Å²) in [5.74, 6) is 2.55. The fourth-order valence-corrected chi connectivity index (χ4v) is 2.49. The maximum Gasteiger partial charge on any atom is 0.197 e. The summed E-state index contributed by atoms with van der Waals surface area (Å²) < 4.78 is 1.95. The Hall–Kier alpha value is -1.63. The monoisotopic (exact) mass is 306 g/mol. The number of nitrogens with zero attached hydrogens (tertiary/aromatic N) is 5. The Balaban J connectivity index is 2.38. The summed E-state index contributed by atoms with van der Waals surface area (Å²) in [7, 11) is 1.95. The van der Waals surface area contributed by atoms with Crippen LogP contribution in [0.5, 0.6) is 0 Å². The van der Waals surface area contributed by atoms with E-state index >= 15 is 0 Å². The van der Waals surface area contributed by atoms with Crippen molar-refractivity contribution in [1.29, 1.82) is 0 Å². The van der Waals surface area contributed by atoms with Crippen molar-refractivity contribution in [2.24, 2.45) is 7.05 Å². The van der Waals surface area contributed by atoms with Crippen molar-refractivity contribution in [3.05, 3.63) is 17.7 Å². The number of anilines is 1. The normalized spacial score (nSPS) is 11.7. The van der Waals surface area contributed by atoms with Gasteiger partial charge in [0.2, 0.25) is 0 Å². The number of rotatable bonds is 4. The second-order valence-electron chi connectivity index (χ2n) is 5.89. The SMILES string of the molecule is CCNc1cc(Sc2nnc(C)n2C)nc(C(C)(C)C)n1. The summed E-state index contributed by atoms with van der Waals surface area (Å²) in [6, 6.07) is 1.95. The van der Waals surface area contributed by atoms with Crippen LogP contribution >= 0.6 is 11.8 Å². The highest BCUT2D eigenvalue weighted by Gasteiger charge is 2.20. The molecule has 0 saturated heterocycles. The van der Waals surface area contributed by atoms with Crippen LogP contribution in [0.25, 0.3) is 0 Å². The Morgan fingerprint density at radius 1 is 1.24 bits per heavy atom. The zero-order chi connectivity index (χ0) is 15.6. The molecule has 0 aliphatic rings. The van der Waals surface area contributed by atoms with Crippen LogP contribution in [0.15, 0.2) is 16.2 Å². The first-order valence-electron chi connectivity index (χ1n) is 6.98. The highest BCUT2D eigenvalue weighted by Crippen LogP contribution is 2.28. The van der Waals surface area contributed by atoms with Gasteiger partial charge in [0, 0.05) is 25.1 Å². The van der Waals surface area contributed by atoms with Crippen LogP contribution in [0.2, 0.25) is 0 Å². The van der Waals surface area contributed by atoms with Crippen LogP contribution in [-0.2, 0) is 12.5 Å². The first kappa shape index (κ1) is 15.8. The molecule has 0 amide bonds. The third-order valence-electron chi connectivity index (χ3n) is 2.98. The van der Waals surface area contributed by atoms with Crippen molar-refractivity contribution in [3.8, 4) is 0 Å². The van der Waals surface area contributed by atoms with Gasteiger partial charge in [0.1, 0.15) is 22.5 Å². The number of hydrogen-bond acceptors (Lipinski definition) is 6. The lowest BCUT2D eigenvalue weighted by Crippen LogP contribution is -2.17. The van der Waals surface area contributed by atoms with Crippen LogP contribution in [0.3, 0.4) is 0 Å². The molecule has 1 N–H and O–H groups in total. The molecule has 0 bridgehead atoms. The summed E-state index contributed by atoms with van der Waals surface area (Å²) in [6.07, 6.45) is 0. The third kappa shape index (κ3) is 3.72. The summed E-state index contributed by atoms with van der Waals surface area (Å²) in [5, 5.41) is 13.2. The lowest BCUT2D eigenvalue weighted by molar-refractivity contribution is 0.539. The zero-order valence-electron chi connectivity index (χ0n) is 13.4. The predicted octanol–water partition coefficient (Wildman–Crippen LogP) is 2.79. The van der Waals surface area contributed by atoms with Gasteiger partial charge in [0.05, 0.1) is 0 Å². The molecule has 0 aliphatic heterocycles. The Kier molecular flexibility index (Phi) is 4.51. The number of aromatic nitrogens is 5. The Labute approximate surface area is 129 Å². The van der Waals surface area contributed by atoms with E-state index in [0.717, 1.165) is 34.2 Å². The molecule has 0 unspecified atom stereocenters. The first-order valence-corrected chi connectivity index (χ1v) is 7.80. The molecule has 0 saturated carbocycles. The van der Waals surface area contributed by atoms with E-state index in [1.807, 2.05) is 24.6 Å². The molecule has 0 radical (unpaired) electrons. The second kappa shape index (κ2) is 6.01. The van der Waals surface area contributed by atoms with E-state index < -0.39 is 0 Å². The highest BCUT2D eigenvalue weighted by atomic mass is 32.2. The molecule has 2 heterocycles. The lowest BCUT2D eigenvalue weighted by Gasteiger charge is -2.18. The molecule has 7 heteroatoms. The molecular formula is C14H22N6S. The van der Waals surface area contributed by atoms with Gasteiger partial charge in [-0.25, -0.2) is 9.97 Å². The average Bonchev–Trinajstić information content (AvgIpc) is 2.70. The van der Waals surface area contributed by atoms with Crippen molar-refractivity contribution >= 4 is 17.6 Å². The topological polar surface area (TPSA) is 68.5 Å². The molecule has 2 rings (SSSR count). The summed E-state index contributed by atoms with van der Waals surface area (Å²) >= 11 is 1.50. The maximum absolute atomic E-state index is 4.66. The van der Waals surface area contributed by atoms with Gasteiger partial charge >= 0.3 is 0 Å². The van der Waals surface area contributed by atoms with Gasteiger partial charge in [0.25, 0.3) is 0 Å². The largest absolute Gasteiger partial charge is 0.370 e. The van der Waals surface area contributed by atoms with Gasteiger partial charge in [-0.15, -0.1) is 10.2 Å². The van der Waals surface area contributed by atoms with Crippen LogP contribution in [-0.4, -0.2) is 31.3 Å². The lowest BCUT2D eigenvalue weighted by atomic mass is 9.96. The number of nitrogens with one attached hydrogen (secondary N) is 1. The maximum atomic E-state index is 4.66. The predicted molar refractivity (Wildman–Crippen MR) is 84.8 cm³/mol. The summed E-state index contributed by atoms with van der Waals surface area (Å²) in [4.78, 5) is 9.25. The fourth-order valence-electron chi connectivity index (χ4n) is 1.65. The minimum Gasteiger partial charge on any atom is -0.370 e. The molecule has 0 aromatic carbocycles. The molecule has 2 aromatic heterocycles. The van der Waals surface area contributed by atoms with Crippen LogP contribution < -0.4 is 5.32 Å². The van der Waals surface area contributed by atoms with Gasteiger partial charge in [-0.3, -0.25) is 0 Å². The number of aryl methyl sites for hydroxylation is 1. The van der Waals surface area contributed by atoms with Crippen molar-refractivity contribution in [1.82, 2.24) is 24.7 Å². The smallest absolute Gasteiger partial charge is 0.197 e. The summed E-state index contributed by atoms with van der Waals surface area (Å²) in [5.41, 5.74) is -0.101.